The standard InChI is InChI=1S/C30H30N6O3S2/c1-19-27(33-18-40-19)25-15-23-16-32-30(34-24-9-7-20(8-10-24)21-11-13-31-14-12-21)35-28(23)36(29(25)37)17-22-5-3-4-6-26(22)41(2,38)39/h3-10,15-16,18,21,31H,11-14,17H2,1-2H3,(H,32,34,35). The van der Waals surface area contributed by atoms with Crippen LogP contribution in [0.1, 0.15) is 34.8 Å². The fraction of sp³-hybridized carbons (Fsp3) is 0.267. The number of hydrogen-bond donors (Lipinski definition) is 2. The first-order chi connectivity index (χ1) is 19.8. The largest absolute Gasteiger partial charge is 0.324 e. The topological polar surface area (TPSA) is 119 Å². The quantitative estimate of drug-likeness (QED) is 0.277. The van der Waals surface area contributed by atoms with Crippen molar-refractivity contribution < 1.29 is 8.42 Å². The molecule has 4 heterocycles. The van der Waals surface area contributed by atoms with E-state index in [0.29, 0.717) is 39.7 Å². The van der Waals surface area contributed by atoms with Crippen LogP contribution in [0.25, 0.3) is 22.3 Å². The van der Waals surface area contributed by atoms with Crippen LogP contribution in [0.3, 0.4) is 0 Å². The van der Waals surface area contributed by atoms with Crippen LogP contribution in [0.5, 0.6) is 0 Å². The third-order valence-corrected chi connectivity index (χ3v) is 9.46. The first-order valence-electron chi connectivity index (χ1n) is 13.4. The fourth-order valence-corrected chi connectivity index (χ4v) is 6.91. The average Bonchev–Trinajstić information content (AvgIpc) is 3.40. The number of pyridine rings is 1. The van der Waals surface area contributed by atoms with E-state index in [4.69, 9.17) is 4.98 Å². The molecule has 2 N–H and O–H groups in total. The minimum Gasteiger partial charge on any atom is -0.324 e. The molecule has 0 radical (unpaired) electrons. The van der Waals surface area contributed by atoms with Gasteiger partial charge in [0.2, 0.25) is 5.95 Å². The maximum Gasteiger partial charge on any atom is 0.262 e. The number of aromatic nitrogens is 4. The van der Waals surface area contributed by atoms with Gasteiger partial charge in [-0.15, -0.1) is 11.3 Å². The molecular formula is C30H30N6O3S2. The number of benzene rings is 2. The van der Waals surface area contributed by atoms with E-state index in [2.05, 4.69) is 32.7 Å². The molecule has 0 atom stereocenters. The van der Waals surface area contributed by atoms with Crippen molar-refractivity contribution in [2.75, 3.05) is 24.7 Å². The summed E-state index contributed by atoms with van der Waals surface area (Å²) in [5.41, 5.74) is 5.50. The summed E-state index contributed by atoms with van der Waals surface area (Å²) in [6.45, 7) is 4.02. The Morgan fingerprint density at radius 3 is 2.54 bits per heavy atom. The first kappa shape index (κ1) is 27.3. The molecule has 1 aliphatic heterocycles. The molecule has 210 valence electrons. The molecule has 5 aromatic rings. The van der Waals surface area contributed by atoms with E-state index in [1.54, 1.807) is 42.0 Å². The van der Waals surface area contributed by atoms with Crippen molar-refractivity contribution in [3.05, 3.63) is 92.7 Å². The summed E-state index contributed by atoms with van der Waals surface area (Å²) < 4.78 is 26.6. The number of fused-ring (bicyclic) bond motifs is 1. The lowest BCUT2D eigenvalue weighted by atomic mass is 9.90. The Hall–Kier alpha value is -3.93. The predicted molar refractivity (Wildman–Crippen MR) is 163 cm³/mol. The van der Waals surface area contributed by atoms with Gasteiger partial charge in [-0.1, -0.05) is 30.3 Å². The Labute approximate surface area is 242 Å². The first-order valence-corrected chi connectivity index (χ1v) is 16.2. The predicted octanol–water partition coefficient (Wildman–Crippen LogP) is 4.89. The highest BCUT2D eigenvalue weighted by molar-refractivity contribution is 7.90. The number of anilines is 2. The summed E-state index contributed by atoms with van der Waals surface area (Å²) in [5, 5.41) is 7.32. The minimum atomic E-state index is -3.52. The fourth-order valence-electron chi connectivity index (χ4n) is 5.39. The summed E-state index contributed by atoms with van der Waals surface area (Å²) in [6, 6.07) is 16.8. The molecule has 9 nitrogen and oxygen atoms in total. The van der Waals surface area contributed by atoms with Crippen molar-refractivity contribution >= 4 is 43.8 Å². The van der Waals surface area contributed by atoms with Crippen LogP contribution in [0.2, 0.25) is 0 Å². The molecule has 2 aromatic carbocycles. The Kier molecular flexibility index (Phi) is 7.41. The van der Waals surface area contributed by atoms with Gasteiger partial charge >= 0.3 is 0 Å². The van der Waals surface area contributed by atoms with Crippen molar-refractivity contribution in [2.45, 2.75) is 37.1 Å². The normalized spacial score (nSPS) is 14.4. The molecule has 0 spiro atoms. The molecule has 0 amide bonds. The van der Waals surface area contributed by atoms with Gasteiger partial charge in [0.15, 0.2) is 9.84 Å². The minimum absolute atomic E-state index is 0.0248. The SMILES string of the molecule is Cc1scnc1-c1cc2cnc(Nc3ccc(C4CCNCC4)cc3)nc2n(Cc2ccccc2S(C)(=O)=O)c1=O. The van der Waals surface area contributed by atoms with Crippen LogP contribution in [-0.2, 0) is 16.4 Å². The lowest BCUT2D eigenvalue weighted by molar-refractivity contribution is 0.460. The van der Waals surface area contributed by atoms with Crippen LogP contribution in [-0.4, -0.2) is 47.3 Å². The highest BCUT2D eigenvalue weighted by Gasteiger charge is 2.20. The monoisotopic (exact) mass is 586 g/mol. The van der Waals surface area contributed by atoms with Gasteiger partial charge in [0.1, 0.15) is 5.65 Å². The van der Waals surface area contributed by atoms with E-state index in [9.17, 15) is 13.2 Å². The number of thiazole rings is 1. The zero-order chi connectivity index (χ0) is 28.6. The smallest absolute Gasteiger partial charge is 0.262 e. The molecule has 0 saturated carbocycles. The van der Waals surface area contributed by atoms with E-state index in [1.165, 1.54) is 27.7 Å². The Morgan fingerprint density at radius 1 is 1.07 bits per heavy atom. The second kappa shape index (κ2) is 11.2. The summed E-state index contributed by atoms with van der Waals surface area (Å²) in [4.78, 5) is 28.7. The third-order valence-electron chi connectivity index (χ3n) is 7.50. The summed E-state index contributed by atoms with van der Waals surface area (Å²) >= 11 is 1.46. The molecule has 1 fully saturated rings. The van der Waals surface area contributed by atoms with Crippen molar-refractivity contribution in [1.82, 2.24) is 24.8 Å². The molecular weight excluding hydrogens is 557 g/mol. The number of hydrogen-bond acceptors (Lipinski definition) is 9. The van der Waals surface area contributed by atoms with E-state index in [1.807, 2.05) is 19.1 Å². The Bertz CT molecular complexity index is 1890. The number of nitrogens with zero attached hydrogens (tertiary/aromatic N) is 4. The van der Waals surface area contributed by atoms with Crippen molar-refractivity contribution in [1.29, 1.82) is 0 Å². The van der Waals surface area contributed by atoms with Crippen LogP contribution in [0, 0.1) is 6.92 Å². The lowest BCUT2D eigenvalue weighted by Gasteiger charge is -2.23. The van der Waals surface area contributed by atoms with Crippen molar-refractivity contribution in [3.63, 3.8) is 0 Å². The van der Waals surface area contributed by atoms with Gasteiger partial charge in [0.05, 0.1) is 28.2 Å². The van der Waals surface area contributed by atoms with Gasteiger partial charge in [-0.2, -0.15) is 4.98 Å². The Morgan fingerprint density at radius 2 is 1.83 bits per heavy atom. The summed E-state index contributed by atoms with van der Waals surface area (Å²) in [6.07, 6.45) is 5.10. The zero-order valence-corrected chi connectivity index (χ0v) is 24.4. The van der Waals surface area contributed by atoms with Gasteiger partial charge < -0.3 is 10.6 Å². The molecule has 0 bridgehead atoms. The molecule has 41 heavy (non-hydrogen) atoms. The van der Waals surface area contributed by atoms with E-state index < -0.39 is 9.84 Å². The summed E-state index contributed by atoms with van der Waals surface area (Å²) in [5.74, 6) is 0.899. The molecule has 11 heteroatoms. The zero-order valence-electron chi connectivity index (χ0n) is 22.8. The number of sulfone groups is 1. The Balaban J connectivity index is 1.42. The molecule has 1 aliphatic rings. The molecule has 6 rings (SSSR count). The molecule has 0 unspecified atom stereocenters. The van der Waals surface area contributed by atoms with E-state index >= 15 is 0 Å². The molecule has 3 aromatic heterocycles. The lowest BCUT2D eigenvalue weighted by Crippen LogP contribution is -2.26. The van der Waals surface area contributed by atoms with Crippen molar-refractivity contribution in [3.8, 4) is 11.3 Å². The number of aryl methyl sites for hydroxylation is 1. The van der Waals surface area contributed by atoms with E-state index in [-0.39, 0.29) is 17.0 Å². The highest BCUT2D eigenvalue weighted by Crippen LogP contribution is 2.28. The van der Waals surface area contributed by atoms with Crippen LogP contribution in [0.15, 0.2) is 76.0 Å². The van der Waals surface area contributed by atoms with Gasteiger partial charge in [-0.25, -0.2) is 18.4 Å². The van der Waals surface area contributed by atoms with Gasteiger partial charge in [-0.3, -0.25) is 9.36 Å². The second-order valence-corrected chi connectivity index (χ2v) is 13.4. The maximum atomic E-state index is 13.9. The molecule has 0 aliphatic carbocycles. The van der Waals surface area contributed by atoms with Gasteiger partial charge in [0, 0.05) is 28.4 Å². The van der Waals surface area contributed by atoms with Crippen LogP contribution < -0.4 is 16.2 Å². The van der Waals surface area contributed by atoms with Crippen LogP contribution in [0.4, 0.5) is 11.6 Å². The van der Waals surface area contributed by atoms with Crippen molar-refractivity contribution in [2.24, 2.45) is 0 Å². The third kappa shape index (κ3) is 5.65. The maximum absolute atomic E-state index is 13.9. The summed E-state index contributed by atoms with van der Waals surface area (Å²) in [7, 11) is -3.52. The number of nitrogens with one attached hydrogen (secondary N) is 2. The van der Waals surface area contributed by atoms with E-state index in [0.717, 1.165) is 36.5 Å². The van der Waals surface area contributed by atoms with Gasteiger partial charge in [-0.05, 0) is 74.2 Å². The van der Waals surface area contributed by atoms with Gasteiger partial charge in [0.25, 0.3) is 5.56 Å². The number of rotatable bonds is 7. The second-order valence-electron chi connectivity index (χ2n) is 10.3. The average molecular weight is 587 g/mol. The molecule has 1 saturated heterocycles. The number of piperidine rings is 1. The highest BCUT2D eigenvalue weighted by atomic mass is 32.2. The van der Waals surface area contributed by atoms with Crippen LogP contribution >= 0.6 is 11.3 Å².